The van der Waals surface area contributed by atoms with Crippen molar-refractivity contribution in [2.24, 2.45) is 0 Å². The number of benzene rings is 1. The van der Waals surface area contributed by atoms with Gasteiger partial charge in [0.1, 0.15) is 11.8 Å². The lowest BCUT2D eigenvalue weighted by molar-refractivity contribution is -0.125. The largest absolute Gasteiger partial charge is 0.493 e. The van der Waals surface area contributed by atoms with Crippen molar-refractivity contribution in [2.75, 3.05) is 26.2 Å². The average molecular weight is 386 g/mol. The summed E-state index contributed by atoms with van der Waals surface area (Å²) in [5, 5.41) is 3.23. The van der Waals surface area contributed by atoms with Gasteiger partial charge in [-0.1, -0.05) is 12.1 Å². The number of ether oxygens (including phenoxy) is 1. The zero-order valence-electron chi connectivity index (χ0n) is 16.7. The number of likely N-dealkylation sites (tertiary alicyclic amines) is 2. The van der Waals surface area contributed by atoms with E-state index < -0.39 is 0 Å². The van der Waals surface area contributed by atoms with Crippen molar-refractivity contribution in [1.82, 2.24) is 15.1 Å². The van der Waals surface area contributed by atoms with E-state index in [9.17, 15) is 9.59 Å². The lowest BCUT2D eigenvalue weighted by Gasteiger charge is -2.33. The van der Waals surface area contributed by atoms with E-state index in [-0.39, 0.29) is 23.9 Å². The van der Waals surface area contributed by atoms with Gasteiger partial charge in [0.05, 0.1) is 12.2 Å². The van der Waals surface area contributed by atoms with Crippen LogP contribution in [0.3, 0.4) is 0 Å². The molecule has 0 spiro atoms. The van der Waals surface area contributed by atoms with Crippen LogP contribution in [0.15, 0.2) is 24.3 Å². The van der Waals surface area contributed by atoms with E-state index in [1.54, 1.807) is 11.0 Å². The Labute approximate surface area is 167 Å². The van der Waals surface area contributed by atoms with Gasteiger partial charge in [0.25, 0.3) is 5.91 Å². The van der Waals surface area contributed by atoms with Gasteiger partial charge in [-0.15, -0.1) is 0 Å². The summed E-state index contributed by atoms with van der Waals surface area (Å²) in [5.41, 5.74) is 0.543. The number of carbonyl (C=O) groups excluding carboxylic acids is 2. The second kappa shape index (κ2) is 8.52. The van der Waals surface area contributed by atoms with Crippen LogP contribution in [-0.4, -0.2) is 66.0 Å². The van der Waals surface area contributed by atoms with Crippen LogP contribution >= 0.6 is 0 Å². The zero-order chi connectivity index (χ0) is 19.5. The number of hydrogen-bond acceptors (Lipinski definition) is 4. The first kappa shape index (κ1) is 19.2. The van der Waals surface area contributed by atoms with Crippen LogP contribution in [0.4, 0.5) is 0 Å². The van der Waals surface area contributed by atoms with Crippen molar-refractivity contribution in [3.63, 3.8) is 0 Å². The molecule has 1 saturated carbocycles. The number of amides is 2. The Kier molecular flexibility index (Phi) is 5.85. The molecule has 2 amide bonds. The Balaban J connectivity index is 1.37. The van der Waals surface area contributed by atoms with E-state index in [0.717, 1.165) is 44.8 Å². The van der Waals surface area contributed by atoms with Gasteiger partial charge in [0.15, 0.2) is 0 Å². The van der Waals surface area contributed by atoms with E-state index in [0.29, 0.717) is 24.5 Å². The molecule has 1 atom stereocenters. The average Bonchev–Trinajstić information content (AvgIpc) is 3.44. The van der Waals surface area contributed by atoms with Crippen molar-refractivity contribution >= 4 is 11.8 Å². The van der Waals surface area contributed by atoms with E-state index in [1.807, 2.05) is 25.1 Å². The summed E-state index contributed by atoms with van der Waals surface area (Å²) in [6, 6.07) is 7.96. The minimum absolute atomic E-state index is 0.00427. The lowest BCUT2D eigenvalue weighted by atomic mass is 10.0. The molecule has 3 fully saturated rings. The maximum atomic E-state index is 13.1. The molecule has 2 aliphatic heterocycles. The predicted molar refractivity (Wildman–Crippen MR) is 107 cm³/mol. The van der Waals surface area contributed by atoms with Crippen molar-refractivity contribution in [3.05, 3.63) is 29.8 Å². The third-order valence-electron chi connectivity index (χ3n) is 6.17. The van der Waals surface area contributed by atoms with Crippen LogP contribution in [0.1, 0.15) is 55.8 Å². The smallest absolute Gasteiger partial charge is 0.258 e. The fourth-order valence-electron chi connectivity index (χ4n) is 4.51. The summed E-state index contributed by atoms with van der Waals surface area (Å²) in [5.74, 6) is 0.489. The topological polar surface area (TPSA) is 61.9 Å². The highest BCUT2D eigenvalue weighted by Crippen LogP contribution is 2.30. The van der Waals surface area contributed by atoms with Crippen molar-refractivity contribution < 1.29 is 14.3 Å². The molecule has 0 radical (unpaired) electrons. The molecule has 1 N–H and O–H groups in total. The van der Waals surface area contributed by atoms with Gasteiger partial charge in [-0.3, -0.25) is 9.59 Å². The first-order chi connectivity index (χ1) is 13.7. The molecule has 0 bridgehead atoms. The molecule has 2 saturated heterocycles. The number of para-hydroxylation sites is 1. The normalized spacial score (nSPS) is 23.6. The number of piperidine rings is 1. The van der Waals surface area contributed by atoms with Gasteiger partial charge < -0.3 is 19.9 Å². The molecular formula is C22H31N3O3. The monoisotopic (exact) mass is 385 g/mol. The second-order valence-electron chi connectivity index (χ2n) is 8.14. The number of nitrogens with zero attached hydrogens (tertiary/aromatic N) is 2. The van der Waals surface area contributed by atoms with Gasteiger partial charge in [-0.25, -0.2) is 0 Å². The highest BCUT2D eigenvalue weighted by molar-refractivity contribution is 6.00. The summed E-state index contributed by atoms with van der Waals surface area (Å²) in [6.07, 6.45) is 6.28. The fourth-order valence-corrected chi connectivity index (χ4v) is 4.51. The zero-order valence-corrected chi connectivity index (χ0v) is 16.7. The summed E-state index contributed by atoms with van der Waals surface area (Å²) in [6.45, 7) is 5.18. The van der Waals surface area contributed by atoms with Gasteiger partial charge in [0.2, 0.25) is 5.91 Å². The van der Waals surface area contributed by atoms with E-state index in [4.69, 9.17) is 4.74 Å². The van der Waals surface area contributed by atoms with Crippen molar-refractivity contribution in [1.29, 1.82) is 0 Å². The summed E-state index contributed by atoms with van der Waals surface area (Å²) in [7, 11) is 0. The van der Waals surface area contributed by atoms with Gasteiger partial charge in [-0.2, -0.15) is 0 Å². The molecule has 4 rings (SSSR count). The SMILES string of the molecule is CCOc1ccccc1C(=O)N1CCCC1C(=O)NC1CCN(C2CC2)CC1. The van der Waals surface area contributed by atoms with E-state index >= 15 is 0 Å². The molecule has 6 nitrogen and oxygen atoms in total. The third kappa shape index (κ3) is 4.17. The molecule has 28 heavy (non-hydrogen) atoms. The molecular weight excluding hydrogens is 354 g/mol. The Morgan fingerprint density at radius 2 is 1.82 bits per heavy atom. The molecule has 3 aliphatic rings. The Morgan fingerprint density at radius 3 is 2.54 bits per heavy atom. The minimum Gasteiger partial charge on any atom is -0.493 e. The van der Waals surface area contributed by atoms with Crippen LogP contribution in [-0.2, 0) is 4.79 Å². The molecule has 0 aromatic heterocycles. The van der Waals surface area contributed by atoms with Gasteiger partial charge in [-0.05, 0) is 57.6 Å². The fraction of sp³-hybridized carbons (Fsp3) is 0.636. The molecule has 1 aromatic rings. The van der Waals surface area contributed by atoms with E-state index in [1.165, 1.54) is 12.8 Å². The Hall–Kier alpha value is -2.08. The Bertz CT molecular complexity index is 711. The second-order valence-corrected chi connectivity index (χ2v) is 8.14. The quantitative estimate of drug-likeness (QED) is 0.817. The van der Waals surface area contributed by atoms with E-state index in [2.05, 4.69) is 10.2 Å². The van der Waals surface area contributed by atoms with Crippen LogP contribution < -0.4 is 10.1 Å². The molecule has 1 aromatic carbocycles. The van der Waals surface area contributed by atoms with Gasteiger partial charge >= 0.3 is 0 Å². The van der Waals surface area contributed by atoms with Crippen LogP contribution in [0.2, 0.25) is 0 Å². The molecule has 1 aliphatic carbocycles. The number of hydrogen-bond donors (Lipinski definition) is 1. The highest BCUT2D eigenvalue weighted by Gasteiger charge is 2.37. The maximum absolute atomic E-state index is 13.1. The summed E-state index contributed by atoms with van der Waals surface area (Å²) in [4.78, 5) is 30.4. The molecule has 152 valence electrons. The Morgan fingerprint density at radius 1 is 1.07 bits per heavy atom. The van der Waals surface area contributed by atoms with Crippen LogP contribution in [0, 0.1) is 0 Å². The summed E-state index contributed by atoms with van der Waals surface area (Å²) < 4.78 is 5.62. The number of nitrogens with one attached hydrogen (secondary N) is 1. The highest BCUT2D eigenvalue weighted by atomic mass is 16.5. The van der Waals surface area contributed by atoms with Crippen LogP contribution in [0.5, 0.6) is 5.75 Å². The summed E-state index contributed by atoms with van der Waals surface area (Å²) >= 11 is 0. The number of rotatable bonds is 6. The molecule has 1 unspecified atom stereocenters. The molecule has 2 heterocycles. The number of carbonyl (C=O) groups is 2. The van der Waals surface area contributed by atoms with Crippen molar-refractivity contribution in [3.8, 4) is 5.75 Å². The van der Waals surface area contributed by atoms with Gasteiger partial charge in [0, 0.05) is 31.7 Å². The minimum atomic E-state index is -0.372. The molecule has 6 heteroatoms. The standard InChI is InChI=1S/C22H31N3O3/c1-2-28-20-8-4-3-6-18(20)22(27)25-13-5-7-19(25)21(26)23-16-11-14-24(15-12-16)17-9-10-17/h3-4,6,8,16-17,19H,2,5,7,9-15H2,1H3,(H,23,26). The van der Waals surface area contributed by atoms with Crippen LogP contribution in [0.25, 0.3) is 0 Å². The maximum Gasteiger partial charge on any atom is 0.258 e. The van der Waals surface area contributed by atoms with Crippen molar-refractivity contribution in [2.45, 2.75) is 63.6 Å². The first-order valence-electron chi connectivity index (χ1n) is 10.7. The lowest BCUT2D eigenvalue weighted by Crippen LogP contribution is -2.51. The third-order valence-corrected chi connectivity index (χ3v) is 6.17. The first-order valence-corrected chi connectivity index (χ1v) is 10.7. The predicted octanol–water partition coefficient (Wildman–Crippen LogP) is 2.43.